The quantitative estimate of drug-likeness (QED) is 0.427. The Morgan fingerprint density at radius 1 is 1.33 bits per heavy atom. The first-order chi connectivity index (χ1) is 11.0. The highest BCUT2D eigenvalue weighted by Crippen LogP contribution is 2.33. The highest BCUT2D eigenvalue weighted by Gasteiger charge is 2.31. The Bertz CT molecular complexity index is 537. The van der Waals surface area contributed by atoms with Gasteiger partial charge in [0.05, 0.1) is 0 Å². The van der Waals surface area contributed by atoms with Crippen molar-refractivity contribution in [3.05, 3.63) is 11.6 Å². The van der Waals surface area contributed by atoms with Gasteiger partial charge in [-0.05, 0) is 38.5 Å². The van der Waals surface area contributed by atoms with Crippen LogP contribution in [0.1, 0.15) is 58.1 Å². The van der Waals surface area contributed by atoms with Crippen LogP contribution in [0.15, 0.2) is 4.99 Å². The van der Waals surface area contributed by atoms with Gasteiger partial charge in [0.1, 0.15) is 12.4 Å². The average Bonchev–Trinajstić information content (AvgIpc) is 2.83. The van der Waals surface area contributed by atoms with Gasteiger partial charge in [-0.15, -0.1) is 34.2 Å². The number of nitrogens with one attached hydrogen (secondary N) is 1. The Morgan fingerprint density at radius 2 is 2.08 bits per heavy atom. The van der Waals surface area contributed by atoms with Crippen molar-refractivity contribution in [3.63, 3.8) is 0 Å². The maximum Gasteiger partial charge on any atom is 0.194 e. The molecule has 1 unspecified atom stereocenters. The fourth-order valence-electron chi connectivity index (χ4n) is 3.46. The summed E-state index contributed by atoms with van der Waals surface area (Å²) in [5.74, 6) is 2.84. The maximum atomic E-state index is 4.82. The molecule has 7 heteroatoms. The first kappa shape index (κ1) is 21.2. The van der Waals surface area contributed by atoms with Gasteiger partial charge in [-0.25, -0.2) is 4.99 Å². The first-order valence-electron chi connectivity index (χ1n) is 8.87. The molecule has 0 aliphatic carbocycles. The van der Waals surface area contributed by atoms with Gasteiger partial charge in [0.25, 0.3) is 0 Å². The predicted molar refractivity (Wildman–Crippen MR) is 110 cm³/mol. The molecule has 1 saturated heterocycles. The molecule has 1 fully saturated rings. The van der Waals surface area contributed by atoms with Gasteiger partial charge in [-0.3, -0.25) is 0 Å². The van der Waals surface area contributed by atoms with Crippen molar-refractivity contribution in [1.29, 1.82) is 0 Å². The molecule has 1 aliphatic heterocycles. The van der Waals surface area contributed by atoms with E-state index in [0.717, 1.165) is 37.2 Å². The number of aromatic nitrogens is 3. The molecule has 1 aliphatic rings. The lowest BCUT2D eigenvalue weighted by Gasteiger charge is -2.42. The lowest BCUT2D eigenvalue weighted by atomic mass is 9.78. The number of hydrogen-bond acceptors (Lipinski definition) is 3. The minimum atomic E-state index is 0. The van der Waals surface area contributed by atoms with Crippen molar-refractivity contribution in [2.45, 2.75) is 59.9 Å². The number of aliphatic imine (C=N–C) groups is 1. The summed E-state index contributed by atoms with van der Waals surface area (Å²) in [4.78, 5) is 7.24. The molecule has 1 aromatic heterocycles. The Balaban J connectivity index is 0.00000288. The van der Waals surface area contributed by atoms with Crippen molar-refractivity contribution in [2.75, 3.05) is 19.6 Å². The molecule has 0 bridgehead atoms. The fourth-order valence-corrected chi connectivity index (χ4v) is 3.46. The van der Waals surface area contributed by atoms with Gasteiger partial charge in [-0.1, -0.05) is 20.3 Å². The van der Waals surface area contributed by atoms with E-state index in [1.807, 2.05) is 18.5 Å². The van der Waals surface area contributed by atoms with E-state index in [0.29, 0.717) is 12.0 Å². The fraction of sp³-hybridized carbons (Fsp3) is 0.824. The minimum absolute atomic E-state index is 0. The SMILES string of the molecule is CCCC1(C)CCCN(C(=NCc2nnc(C)n2C)NCC)C1.I. The third-order valence-corrected chi connectivity index (χ3v) is 4.82. The van der Waals surface area contributed by atoms with Crippen LogP contribution >= 0.6 is 24.0 Å². The summed E-state index contributed by atoms with van der Waals surface area (Å²) in [6.45, 7) is 12.4. The summed E-state index contributed by atoms with van der Waals surface area (Å²) in [5.41, 5.74) is 0.407. The molecule has 1 aromatic rings. The van der Waals surface area contributed by atoms with E-state index >= 15 is 0 Å². The molecular weight excluding hydrogens is 415 g/mol. The van der Waals surface area contributed by atoms with Crippen LogP contribution in [0.4, 0.5) is 0 Å². The lowest BCUT2D eigenvalue weighted by Crippen LogP contribution is -2.49. The van der Waals surface area contributed by atoms with Crippen molar-refractivity contribution in [3.8, 4) is 0 Å². The molecule has 6 nitrogen and oxygen atoms in total. The Morgan fingerprint density at radius 3 is 2.67 bits per heavy atom. The van der Waals surface area contributed by atoms with E-state index in [-0.39, 0.29) is 24.0 Å². The Kier molecular flexibility index (Phi) is 8.45. The van der Waals surface area contributed by atoms with Gasteiger partial charge in [0.15, 0.2) is 11.8 Å². The molecule has 0 saturated carbocycles. The number of nitrogens with zero attached hydrogens (tertiary/aromatic N) is 5. The second kappa shape index (κ2) is 9.58. The number of piperidine rings is 1. The van der Waals surface area contributed by atoms with Crippen molar-refractivity contribution < 1.29 is 0 Å². The first-order valence-corrected chi connectivity index (χ1v) is 8.87. The number of guanidine groups is 1. The molecule has 0 amide bonds. The maximum absolute atomic E-state index is 4.82. The largest absolute Gasteiger partial charge is 0.357 e. The standard InChI is InChI=1S/C17H32N6.HI/c1-6-9-17(4)10-8-11-23(13-17)16(18-7-2)19-12-15-21-20-14(3)22(15)5;/h6-13H2,1-5H3,(H,18,19);1H. The molecule has 1 N–H and O–H groups in total. The number of likely N-dealkylation sites (tertiary alicyclic amines) is 1. The molecule has 1 atom stereocenters. The van der Waals surface area contributed by atoms with Crippen LogP contribution in [-0.2, 0) is 13.6 Å². The van der Waals surface area contributed by atoms with Crippen molar-refractivity contribution >= 4 is 29.9 Å². The van der Waals surface area contributed by atoms with E-state index < -0.39 is 0 Å². The van der Waals surface area contributed by atoms with Crippen LogP contribution in [0.2, 0.25) is 0 Å². The van der Waals surface area contributed by atoms with Gasteiger partial charge in [0.2, 0.25) is 0 Å². The summed E-state index contributed by atoms with van der Waals surface area (Å²) in [5, 5.41) is 11.8. The molecule has 2 heterocycles. The van der Waals surface area contributed by atoms with Crippen LogP contribution in [0, 0.1) is 12.3 Å². The van der Waals surface area contributed by atoms with Crippen molar-refractivity contribution in [1.82, 2.24) is 25.0 Å². The number of aryl methyl sites for hydroxylation is 1. The molecule has 0 radical (unpaired) electrons. The van der Waals surface area contributed by atoms with Gasteiger partial charge in [-0.2, -0.15) is 0 Å². The van der Waals surface area contributed by atoms with Crippen molar-refractivity contribution in [2.24, 2.45) is 17.5 Å². The smallest absolute Gasteiger partial charge is 0.194 e. The average molecular weight is 448 g/mol. The van der Waals surface area contributed by atoms with E-state index in [2.05, 4.69) is 41.2 Å². The van der Waals surface area contributed by atoms with Crippen LogP contribution in [0.3, 0.4) is 0 Å². The van der Waals surface area contributed by atoms with Gasteiger partial charge >= 0.3 is 0 Å². The van der Waals surface area contributed by atoms with Crippen LogP contribution in [0.5, 0.6) is 0 Å². The van der Waals surface area contributed by atoms with Crippen LogP contribution in [0.25, 0.3) is 0 Å². The molecule has 0 aromatic carbocycles. The summed E-state index contributed by atoms with van der Waals surface area (Å²) >= 11 is 0. The molecule has 138 valence electrons. The summed E-state index contributed by atoms with van der Waals surface area (Å²) in [7, 11) is 1.99. The van der Waals surface area contributed by atoms with Gasteiger partial charge < -0.3 is 14.8 Å². The van der Waals surface area contributed by atoms with Crippen LogP contribution in [-0.4, -0.2) is 45.3 Å². The normalized spacial score (nSPS) is 21.5. The highest BCUT2D eigenvalue weighted by atomic mass is 127. The second-order valence-electron chi connectivity index (χ2n) is 6.98. The number of halogens is 1. The highest BCUT2D eigenvalue weighted by molar-refractivity contribution is 14.0. The number of rotatable bonds is 5. The lowest BCUT2D eigenvalue weighted by molar-refractivity contribution is 0.142. The zero-order valence-corrected chi connectivity index (χ0v) is 18.1. The Hall–Kier alpha value is -0.860. The zero-order chi connectivity index (χ0) is 16.9. The third-order valence-electron chi connectivity index (χ3n) is 4.82. The van der Waals surface area contributed by atoms with Crippen LogP contribution < -0.4 is 5.32 Å². The van der Waals surface area contributed by atoms with E-state index in [1.54, 1.807) is 0 Å². The van der Waals surface area contributed by atoms with E-state index in [4.69, 9.17) is 4.99 Å². The van der Waals surface area contributed by atoms with E-state index in [1.165, 1.54) is 25.7 Å². The molecule has 2 rings (SSSR count). The van der Waals surface area contributed by atoms with E-state index in [9.17, 15) is 0 Å². The molecular formula is C17H33IN6. The monoisotopic (exact) mass is 448 g/mol. The zero-order valence-electron chi connectivity index (χ0n) is 15.8. The summed E-state index contributed by atoms with van der Waals surface area (Å²) in [6, 6.07) is 0. The molecule has 0 spiro atoms. The summed E-state index contributed by atoms with van der Waals surface area (Å²) in [6.07, 6.45) is 5.09. The summed E-state index contributed by atoms with van der Waals surface area (Å²) < 4.78 is 2.00. The predicted octanol–water partition coefficient (Wildman–Crippen LogP) is 3.11. The number of hydrogen-bond donors (Lipinski definition) is 1. The van der Waals surface area contributed by atoms with Gasteiger partial charge in [0, 0.05) is 26.7 Å². The minimum Gasteiger partial charge on any atom is -0.357 e. The topological polar surface area (TPSA) is 58.3 Å². The Labute approximate surface area is 163 Å². The third kappa shape index (κ3) is 5.32. The second-order valence-corrected chi connectivity index (χ2v) is 6.98. The molecule has 24 heavy (non-hydrogen) atoms.